The van der Waals surface area contributed by atoms with Gasteiger partial charge >= 0.3 is 5.97 Å². The first kappa shape index (κ1) is 17.9. The van der Waals surface area contributed by atoms with Crippen molar-refractivity contribution in [2.45, 2.75) is 31.9 Å². The number of carbonyl (C=O) groups excluding carboxylic acids is 1. The average molecular weight is 313 g/mol. The summed E-state index contributed by atoms with van der Waals surface area (Å²) in [5.41, 5.74) is -1.08. The number of aliphatic carboxylic acids is 1. The van der Waals surface area contributed by atoms with Gasteiger partial charge in [0.15, 0.2) is 17.7 Å². The number of carbonyl (C=O) groups is 2. The predicted molar refractivity (Wildman–Crippen MR) is 77.2 cm³/mol. The predicted octanol–water partition coefficient (Wildman–Crippen LogP) is 1.59. The Kier molecular flexibility index (Phi) is 6.30. The van der Waals surface area contributed by atoms with E-state index in [1.807, 2.05) is 0 Å². The lowest BCUT2D eigenvalue weighted by Crippen LogP contribution is -2.54. The normalized spacial score (nSPS) is 14.7. The number of nitrogens with one attached hydrogen (secondary N) is 1. The molecule has 0 aliphatic rings. The average Bonchev–Trinajstić information content (AvgIpc) is 2.40. The summed E-state index contributed by atoms with van der Waals surface area (Å²) < 4.78 is 23.7. The lowest BCUT2D eigenvalue weighted by Gasteiger charge is -2.29. The number of amides is 1. The Morgan fingerprint density at radius 1 is 1.41 bits per heavy atom. The highest BCUT2D eigenvalue weighted by atomic mass is 19.1. The largest absolute Gasteiger partial charge is 0.481 e. The van der Waals surface area contributed by atoms with E-state index in [-0.39, 0.29) is 18.8 Å². The number of carboxylic acids is 1. The van der Waals surface area contributed by atoms with Crippen molar-refractivity contribution in [2.75, 3.05) is 13.7 Å². The molecule has 0 spiro atoms. The molecule has 2 N–H and O–H groups in total. The van der Waals surface area contributed by atoms with Gasteiger partial charge in [0.1, 0.15) is 0 Å². The molecule has 1 amide bonds. The summed E-state index contributed by atoms with van der Waals surface area (Å²) in [6.07, 6.45) is -1.29. The third-order valence-electron chi connectivity index (χ3n) is 2.94. The molecule has 0 fully saturated rings. The lowest BCUT2D eigenvalue weighted by atomic mass is 9.98. The second-order valence-corrected chi connectivity index (χ2v) is 5.24. The maximum atomic E-state index is 13.5. The van der Waals surface area contributed by atoms with Crippen LogP contribution in [0.15, 0.2) is 24.3 Å². The Bertz CT molecular complexity index is 536. The van der Waals surface area contributed by atoms with Gasteiger partial charge in [0.25, 0.3) is 5.91 Å². The van der Waals surface area contributed by atoms with Crippen LogP contribution in [0.1, 0.15) is 20.3 Å². The zero-order chi connectivity index (χ0) is 16.8. The summed E-state index contributed by atoms with van der Waals surface area (Å²) in [5.74, 6) is -2.24. The molecular formula is C15H20FNO5. The Morgan fingerprint density at radius 3 is 2.59 bits per heavy atom. The Morgan fingerprint density at radius 2 is 2.05 bits per heavy atom. The van der Waals surface area contributed by atoms with Crippen LogP contribution in [-0.2, 0) is 14.3 Å². The van der Waals surface area contributed by atoms with Gasteiger partial charge in [0.05, 0.1) is 18.6 Å². The Labute approximate surface area is 128 Å². The van der Waals surface area contributed by atoms with E-state index >= 15 is 0 Å². The Balaban J connectivity index is 2.73. The van der Waals surface area contributed by atoms with Gasteiger partial charge in [-0.2, -0.15) is 0 Å². The molecule has 0 radical (unpaired) electrons. The van der Waals surface area contributed by atoms with Crippen molar-refractivity contribution in [3.05, 3.63) is 30.1 Å². The van der Waals surface area contributed by atoms with Crippen LogP contribution in [0.5, 0.6) is 5.75 Å². The quantitative estimate of drug-likeness (QED) is 0.761. The molecule has 1 aromatic rings. The molecule has 1 rings (SSSR count). The lowest BCUT2D eigenvalue weighted by molar-refractivity contribution is -0.140. The third-order valence-corrected chi connectivity index (χ3v) is 2.94. The molecule has 0 aliphatic heterocycles. The molecule has 0 aliphatic carbocycles. The van der Waals surface area contributed by atoms with Gasteiger partial charge in [-0.25, -0.2) is 4.39 Å². The zero-order valence-electron chi connectivity index (χ0n) is 12.8. The number of benzene rings is 1. The fourth-order valence-corrected chi connectivity index (χ4v) is 1.97. The van der Waals surface area contributed by atoms with E-state index in [0.717, 1.165) is 0 Å². The molecule has 0 saturated carbocycles. The number of hydrogen-bond donors (Lipinski definition) is 2. The molecule has 0 bridgehead atoms. The number of rotatable bonds is 8. The molecule has 6 nitrogen and oxygen atoms in total. The topological polar surface area (TPSA) is 84.9 Å². The summed E-state index contributed by atoms with van der Waals surface area (Å²) in [7, 11) is 1.41. The summed E-state index contributed by atoms with van der Waals surface area (Å²) in [5, 5.41) is 11.5. The van der Waals surface area contributed by atoms with Crippen molar-refractivity contribution < 1.29 is 28.6 Å². The second kappa shape index (κ2) is 7.74. The smallest absolute Gasteiger partial charge is 0.305 e. The SMILES string of the molecule is COCC(C)(CC(=O)O)NC(=O)C(C)Oc1ccccc1F. The van der Waals surface area contributed by atoms with Gasteiger partial charge in [0, 0.05) is 7.11 Å². The molecule has 1 aromatic carbocycles. The molecular weight excluding hydrogens is 293 g/mol. The number of hydrogen-bond acceptors (Lipinski definition) is 4. The number of halogens is 1. The first-order chi connectivity index (χ1) is 10.3. The van der Waals surface area contributed by atoms with E-state index in [2.05, 4.69) is 5.32 Å². The third kappa shape index (κ3) is 5.33. The fraction of sp³-hybridized carbons (Fsp3) is 0.467. The van der Waals surface area contributed by atoms with Gasteiger partial charge < -0.3 is 19.9 Å². The monoisotopic (exact) mass is 313 g/mol. The van der Waals surface area contributed by atoms with E-state index in [4.69, 9.17) is 14.6 Å². The highest BCUT2D eigenvalue weighted by Crippen LogP contribution is 2.18. The maximum Gasteiger partial charge on any atom is 0.305 e. The summed E-state index contributed by atoms with van der Waals surface area (Å²) in [4.78, 5) is 23.0. The van der Waals surface area contributed by atoms with E-state index in [9.17, 15) is 14.0 Å². The van der Waals surface area contributed by atoms with Gasteiger partial charge in [-0.05, 0) is 26.0 Å². The summed E-state index contributed by atoms with van der Waals surface area (Å²) in [6, 6.07) is 5.72. The molecule has 2 atom stereocenters. The van der Waals surface area contributed by atoms with Crippen molar-refractivity contribution >= 4 is 11.9 Å². The van der Waals surface area contributed by atoms with Crippen LogP contribution in [0.2, 0.25) is 0 Å². The van der Waals surface area contributed by atoms with Crippen LogP contribution in [0.3, 0.4) is 0 Å². The van der Waals surface area contributed by atoms with Crippen molar-refractivity contribution in [1.29, 1.82) is 0 Å². The van der Waals surface area contributed by atoms with Gasteiger partial charge in [-0.15, -0.1) is 0 Å². The number of methoxy groups -OCH3 is 1. The van der Waals surface area contributed by atoms with Crippen LogP contribution < -0.4 is 10.1 Å². The van der Waals surface area contributed by atoms with E-state index in [1.165, 1.54) is 32.2 Å². The molecule has 122 valence electrons. The van der Waals surface area contributed by atoms with Crippen molar-refractivity contribution in [2.24, 2.45) is 0 Å². The standard InChI is InChI=1S/C15H20FNO5/c1-10(22-12-7-5-4-6-11(12)16)14(20)17-15(2,9-21-3)8-13(18)19/h4-7,10H,8-9H2,1-3H3,(H,17,20)(H,18,19). The molecule has 2 unspecified atom stereocenters. The summed E-state index contributed by atoms with van der Waals surface area (Å²) >= 11 is 0. The molecule has 0 aromatic heterocycles. The molecule has 0 heterocycles. The minimum absolute atomic E-state index is 0.0253. The fourth-order valence-electron chi connectivity index (χ4n) is 1.97. The van der Waals surface area contributed by atoms with Crippen molar-refractivity contribution in [1.82, 2.24) is 5.32 Å². The van der Waals surface area contributed by atoms with Crippen LogP contribution >= 0.6 is 0 Å². The van der Waals surface area contributed by atoms with Crippen LogP contribution in [-0.4, -0.2) is 42.3 Å². The number of carboxylic acid groups (broad SMARTS) is 1. The molecule has 0 saturated heterocycles. The maximum absolute atomic E-state index is 13.5. The highest BCUT2D eigenvalue weighted by molar-refractivity contribution is 5.82. The van der Waals surface area contributed by atoms with Crippen molar-refractivity contribution in [3.8, 4) is 5.75 Å². The minimum atomic E-state index is -1.08. The minimum Gasteiger partial charge on any atom is -0.481 e. The second-order valence-electron chi connectivity index (χ2n) is 5.24. The van der Waals surface area contributed by atoms with Gasteiger partial charge in [-0.3, -0.25) is 9.59 Å². The van der Waals surface area contributed by atoms with Gasteiger partial charge in [0.2, 0.25) is 0 Å². The van der Waals surface area contributed by atoms with Crippen molar-refractivity contribution in [3.63, 3.8) is 0 Å². The van der Waals surface area contributed by atoms with E-state index in [0.29, 0.717) is 0 Å². The first-order valence-corrected chi connectivity index (χ1v) is 6.71. The van der Waals surface area contributed by atoms with Crippen LogP contribution in [0.25, 0.3) is 0 Å². The number of para-hydroxylation sites is 1. The number of ether oxygens (including phenoxy) is 2. The summed E-state index contributed by atoms with van der Waals surface area (Å²) in [6.45, 7) is 3.03. The molecule has 22 heavy (non-hydrogen) atoms. The van der Waals surface area contributed by atoms with E-state index < -0.39 is 29.3 Å². The molecule has 7 heteroatoms. The van der Waals surface area contributed by atoms with Gasteiger partial charge in [-0.1, -0.05) is 12.1 Å². The van der Waals surface area contributed by atoms with Crippen LogP contribution in [0.4, 0.5) is 4.39 Å². The Hall–Kier alpha value is -2.15. The van der Waals surface area contributed by atoms with E-state index in [1.54, 1.807) is 13.0 Å². The highest BCUT2D eigenvalue weighted by Gasteiger charge is 2.31. The first-order valence-electron chi connectivity index (χ1n) is 6.71. The van der Waals surface area contributed by atoms with Crippen LogP contribution in [0, 0.1) is 5.82 Å². The zero-order valence-corrected chi connectivity index (χ0v) is 12.8.